The van der Waals surface area contributed by atoms with Crippen LogP contribution in [0, 0.1) is 5.92 Å². The lowest BCUT2D eigenvalue weighted by atomic mass is 9.74. The lowest BCUT2D eigenvalue weighted by Crippen LogP contribution is -2.73. The van der Waals surface area contributed by atoms with Gasteiger partial charge in [0.25, 0.3) is 0 Å². The molecule has 0 aromatic rings. The number of hydrogen-bond acceptors (Lipinski definition) is 7. The van der Waals surface area contributed by atoms with E-state index in [1.54, 1.807) is 0 Å². The molecular formula is C9H17NO7. The number of aliphatic hydroxyl groups excluding tert-OH is 3. The Hall–Kier alpha value is -0.770. The molecule has 7 N–H and O–H groups in total. The first-order valence-corrected chi connectivity index (χ1v) is 5.10. The summed E-state index contributed by atoms with van der Waals surface area (Å²) in [5.74, 6) is -2.81. The van der Waals surface area contributed by atoms with Gasteiger partial charge in [0, 0.05) is 0 Å². The summed E-state index contributed by atoms with van der Waals surface area (Å²) < 4.78 is 4.76. The highest BCUT2D eigenvalue weighted by molar-refractivity contribution is 5.71. The quantitative estimate of drug-likeness (QED) is 0.307. The first kappa shape index (κ1) is 14.3. The van der Waals surface area contributed by atoms with Crippen molar-refractivity contribution >= 4 is 5.97 Å². The van der Waals surface area contributed by atoms with Crippen molar-refractivity contribution in [3.63, 3.8) is 0 Å². The van der Waals surface area contributed by atoms with Crippen LogP contribution in [0.5, 0.6) is 0 Å². The second-order valence-electron chi connectivity index (χ2n) is 4.17. The number of ether oxygens (including phenoxy) is 1. The van der Waals surface area contributed by atoms with Crippen molar-refractivity contribution in [3.8, 4) is 0 Å². The standard InChI is InChI=1S/C9H17NO7/c1-3(7(13)14)9(16)5(10)8(15)17-4(2-11)6(9)12/h3-6,8,11-12,15-16H,2,10H2,1H3,(H,13,14)/t3-,4+,5+,6+,8-,9+/m0/s1. The topological polar surface area (TPSA) is 153 Å². The zero-order chi connectivity index (χ0) is 13.4. The van der Waals surface area contributed by atoms with E-state index in [1.807, 2.05) is 0 Å². The molecule has 100 valence electrons. The molecule has 0 aromatic heterocycles. The fourth-order valence-corrected chi connectivity index (χ4v) is 1.95. The van der Waals surface area contributed by atoms with E-state index in [-0.39, 0.29) is 0 Å². The van der Waals surface area contributed by atoms with Crippen LogP contribution in [0.1, 0.15) is 6.92 Å². The van der Waals surface area contributed by atoms with E-state index in [9.17, 15) is 20.1 Å². The molecule has 6 atom stereocenters. The minimum atomic E-state index is -2.28. The Labute approximate surface area is 97.2 Å². The Morgan fingerprint density at radius 3 is 2.47 bits per heavy atom. The van der Waals surface area contributed by atoms with Gasteiger partial charge in [0.05, 0.1) is 18.6 Å². The molecule has 0 unspecified atom stereocenters. The van der Waals surface area contributed by atoms with Crippen molar-refractivity contribution in [3.05, 3.63) is 0 Å². The molecule has 1 aliphatic heterocycles. The lowest BCUT2D eigenvalue weighted by molar-refractivity contribution is -0.292. The fourth-order valence-electron chi connectivity index (χ4n) is 1.95. The number of aliphatic hydroxyl groups is 4. The SMILES string of the molecule is C[C@@H](C(=O)O)[C@@]1(O)[C@H](N)[C@@H](O)O[C@H](CO)[C@H]1O. The van der Waals surface area contributed by atoms with E-state index < -0.39 is 48.6 Å². The van der Waals surface area contributed by atoms with Gasteiger partial charge in [0.1, 0.15) is 17.8 Å². The van der Waals surface area contributed by atoms with E-state index in [2.05, 4.69) is 0 Å². The monoisotopic (exact) mass is 251 g/mol. The van der Waals surface area contributed by atoms with Gasteiger partial charge in [-0.1, -0.05) is 0 Å². The van der Waals surface area contributed by atoms with Crippen molar-refractivity contribution in [2.45, 2.75) is 37.1 Å². The fraction of sp³-hybridized carbons (Fsp3) is 0.889. The predicted octanol–water partition coefficient (Wildman–Crippen LogP) is -3.16. The van der Waals surface area contributed by atoms with Crippen LogP contribution in [0.15, 0.2) is 0 Å². The van der Waals surface area contributed by atoms with Gasteiger partial charge >= 0.3 is 5.97 Å². The molecule has 8 nitrogen and oxygen atoms in total. The van der Waals surface area contributed by atoms with E-state index in [0.29, 0.717) is 0 Å². The third-order valence-electron chi connectivity index (χ3n) is 3.23. The normalized spacial score (nSPS) is 44.4. The summed E-state index contributed by atoms with van der Waals surface area (Å²) in [5, 5.41) is 47.3. The summed E-state index contributed by atoms with van der Waals surface area (Å²) in [7, 11) is 0. The summed E-state index contributed by atoms with van der Waals surface area (Å²) in [6, 6.07) is -1.49. The third kappa shape index (κ3) is 2.15. The molecule has 1 aliphatic rings. The second kappa shape index (κ2) is 4.84. The maximum absolute atomic E-state index is 10.9. The van der Waals surface area contributed by atoms with Crippen LogP contribution in [-0.2, 0) is 9.53 Å². The molecule has 1 saturated heterocycles. The van der Waals surface area contributed by atoms with Crippen LogP contribution >= 0.6 is 0 Å². The largest absolute Gasteiger partial charge is 0.481 e. The maximum Gasteiger partial charge on any atom is 0.309 e. The Morgan fingerprint density at radius 1 is 1.53 bits per heavy atom. The van der Waals surface area contributed by atoms with Crippen LogP contribution < -0.4 is 5.73 Å². The molecule has 0 bridgehead atoms. The second-order valence-corrected chi connectivity index (χ2v) is 4.17. The average molecular weight is 251 g/mol. The number of carboxylic acid groups (broad SMARTS) is 1. The zero-order valence-corrected chi connectivity index (χ0v) is 9.22. The van der Waals surface area contributed by atoms with Crippen molar-refractivity contribution in [2.24, 2.45) is 11.7 Å². The third-order valence-corrected chi connectivity index (χ3v) is 3.23. The molecule has 1 heterocycles. The molecule has 0 amide bonds. The van der Waals surface area contributed by atoms with Gasteiger partial charge in [0.15, 0.2) is 6.29 Å². The molecular weight excluding hydrogens is 234 g/mol. The van der Waals surface area contributed by atoms with Crippen molar-refractivity contribution in [2.75, 3.05) is 6.61 Å². The molecule has 0 spiro atoms. The summed E-state index contributed by atoms with van der Waals surface area (Å²) in [5.41, 5.74) is 3.19. The Kier molecular flexibility index (Phi) is 4.07. The minimum Gasteiger partial charge on any atom is -0.481 e. The van der Waals surface area contributed by atoms with E-state index in [1.165, 1.54) is 0 Å². The summed E-state index contributed by atoms with van der Waals surface area (Å²) in [6.07, 6.45) is -4.67. The van der Waals surface area contributed by atoms with Crippen LogP contribution in [-0.4, -0.2) is 68.2 Å². The zero-order valence-electron chi connectivity index (χ0n) is 9.22. The number of aliphatic carboxylic acids is 1. The molecule has 1 fully saturated rings. The highest BCUT2D eigenvalue weighted by Gasteiger charge is 2.58. The summed E-state index contributed by atoms with van der Waals surface area (Å²) in [6.45, 7) is 0.470. The van der Waals surface area contributed by atoms with Gasteiger partial charge in [-0.05, 0) is 6.92 Å². The summed E-state index contributed by atoms with van der Waals surface area (Å²) in [4.78, 5) is 10.9. The Balaban J connectivity index is 3.10. The van der Waals surface area contributed by atoms with Gasteiger partial charge in [-0.3, -0.25) is 4.79 Å². The molecule has 0 aliphatic carbocycles. The van der Waals surface area contributed by atoms with Crippen molar-refractivity contribution in [1.29, 1.82) is 0 Å². The number of carbonyl (C=O) groups is 1. The average Bonchev–Trinajstić information content (AvgIpc) is 2.29. The van der Waals surface area contributed by atoms with Crippen LogP contribution in [0.4, 0.5) is 0 Å². The smallest absolute Gasteiger partial charge is 0.309 e. The Morgan fingerprint density at radius 2 is 2.06 bits per heavy atom. The van der Waals surface area contributed by atoms with Crippen LogP contribution in [0.25, 0.3) is 0 Å². The maximum atomic E-state index is 10.9. The van der Waals surface area contributed by atoms with Crippen LogP contribution in [0.3, 0.4) is 0 Å². The van der Waals surface area contributed by atoms with E-state index in [0.717, 1.165) is 6.92 Å². The first-order chi connectivity index (χ1) is 7.76. The first-order valence-electron chi connectivity index (χ1n) is 5.10. The van der Waals surface area contributed by atoms with Crippen molar-refractivity contribution < 1.29 is 35.1 Å². The van der Waals surface area contributed by atoms with Gasteiger partial charge in [-0.2, -0.15) is 0 Å². The predicted molar refractivity (Wildman–Crippen MR) is 53.7 cm³/mol. The van der Waals surface area contributed by atoms with Crippen molar-refractivity contribution in [1.82, 2.24) is 0 Å². The molecule has 0 radical (unpaired) electrons. The highest BCUT2D eigenvalue weighted by Crippen LogP contribution is 2.34. The Bertz CT molecular complexity index is 299. The molecule has 1 rings (SSSR count). The van der Waals surface area contributed by atoms with Gasteiger partial charge in [-0.25, -0.2) is 0 Å². The van der Waals surface area contributed by atoms with E-state index >= 15 is 0 Å². The van der Waals surface area contributed by atoms with Gasteiger partial charge in [0.2, 0.25) is 0 Å². The lowest BCUT2D eigenvalue weighted by Gasteiger charge is -2.48. The van der Waals surface area contributed by atoms with Gasteiger partial charge in [-0.15, -0.1) is 0 Å². The van der Waals surface area contributed by atoms with E-state index in [4.69, 9.17) is 20.7 Å². The highest BCUT2D eigenvalue weighted by atomic mass is 16.6. The number of hydrogen-bond donors (Lipinski definition) is 6. The van der Waals surface area contributed by atoms with Gasteiger partial charge < -0.3 is 36.0 Å². The number of rotatable bonds is 3. The molecule has 8 heteroatoms. The molecule has 17 heavy (non-hydrogen) atoms. The molecule has 0 saturated carbocycles. The molecule has 0 aromatic carbocycles. The minimum absolute atomic E-state index is 0.681. The van der Waals surface area contributed by atoms with Crippen LogP contribution in [0.2, 0.25) is 0 Å². The summed E-state index contributed by atoms with van der Waals surface area (Å²) >= 11 is 0. The number of nitrogens with two attached hydrogens (primary N) is 1. The number of carboxylic acids is 1.